The van der Waals surface area contributed by atoms with Crippen molar-refractivity contribution in [2.45, 2.75) is 26.3 Å². The Balaban J connectivity index is 2.37. The number of aromatic hydroxyl groups is 1. The number of aromatic nitrogens is 2. The Hall–Kier alpha value is -2.30. The molecule has 0 spiro atoms. The molecule has 0 fully saturated rings. The van der Waals surface area contributed by atoms with E-state index in [1.807, 2.05) is 20.8 Å². The lowest BCUT2D eigenvalue weighted by atomic mass is 10.1. The maximum atomic E-state index is 12.2. The van der Waals surface area contributed by atoms with Crippen molar-refractivity contribution >= 4 is 0 Å². The molecule has 1 aromatic heterocycles. The number of hydrogen-bond acceptors (Lipinski definition) is 4. The molecule has 0 bridgehead atoms. The molecule has 0 amide bonds. The Morgan fingerprint density at radius 3 is 2.42 bits per heavy atom. The van der Waals surface area contributed by atoms with Crippen LogP contribution >= 0.6 is 0 Å². The van der Waals surface area contributed by atoms with Crippen molar-refractivity contribution in [3.05, 3.63) is 47.0 Å². The minimum absolute atomic E-state index is 0.0168. The summed E-state index contributed by atoms with van der Waals surface area (Å²) in [5, 5.41) is 9.19. The highest BCUT2D eigenvalue weighted by Crippen LogP contribution is 2.20. The number of benzene rings is 1. The van der Waals surface area contributed by atoms with Crippen LogP contribution in [0.2, 0.25) is 0 Å². The van der Waals surface area contributed by atoms with Gasteiger partial charge in [0, 0.05) is 17.9 Å². The van der Waals surface area contributed by atoms with Gasteiger partial charge < -0.3 is 14.4 Å². The van der Waals surface area contributed by atoms with E-state index < -0.39 is 0 Å². The molecule has 2 aromatic rings. The van der Waals surface area contributed by atoms with Gasteiger partial charge in [-0.3, -0.25) is 4.79 Å². The highest BCUT2D eigenvalue weighted by atomic mass is 16.5. The minimum Gasteiger partial charge on any atom is -0.508 e. The molecule has 0 unspecified atom stereocenters. The molecule has 1 aromatic carbocycles. The van der Waals surface area contributed by atoms with Crippen LogP contribution in [0, 0.1) is 0 Å². The first-order chi connectivity index (χ1) is 8.88. The zero-order valence-electron chi connectivity index (χ0n) is 11.1. The lowest BCUT2D eigenvalue weighted by Crippen LogP contribution is -2.34. The molecule has 0 saturated carbocycles. The molecule has 2 rings (SSSR count). The van der Waals surface area contributed by atoms with Gasteiger partial charge in [-0.1, -0.05) is 0 Å². The van der Waals surface area contributed by atoms with Gasteiger partial charge in [-0.05, 0) is 45.0 Å². The zero-order chi connectivity index (χ0) is 14.0. The fourth-order valence-corrected chi connectivity index (χ4v) is 1.62. The normalized spacial score (nSPS) is 11.3. The quantitative estimate of drug-likeness (QED) is 0.901. The molecule has 0 aliphatic carbocycles. The molecular weight excluding hydrogens is 244 g/mol. The molecule has 100 valence electrons. The minimum atomic E-state index is -0.340. The van der Waals surface area contributed by atoms with Crippen LogP contribution in [-0.2, 0) is 5.54 Å². The van der Waals surface area contributed by atoms with Crippen LogP contribution in [0.15, 0.2) is 41.5 Å². The van der Waals surface area contributed by atoms with E-state index >= 15 is 0 Å². The second-order valence-electron chi connectivity index (χ2n) is 5.17. The van der Waals surface area contributed by atoms with E-state index in [0.717, 1.165) is 0 Å². The predicted molar refractivity (Wildman–Crippen MR) is 71.7 cm³/mol. The molecule has 19 heavy (non-hydrogen) atoms. The van der Waals surface area contributed by atoms with Gasteiger partial charge in [0.25, 0.3) is 5.88 Å². The van der Waals surface area contributed by atoms with Crippen LogP contribution in [0.25, 0.3) is 0 Å². The Bertz CT molecular complexity index is 624. The zero-order valence-corrected chi connectivity index (χ0v) is 11.1. The topological polar surface area (TPSA) is 64.3 Å². The van der Waals surface area contributed by atoms with E-state index in [0.29, 0.717) is 5.75 Å². The summed E-state index contributed by atoms with van der Waals surface area (Å²) in [6.07, 6.45) is 3.16. The van der Waals surface area contributed by atoms with E-state index in [2.05, 4.69) is 4.98 Å². The number of nitrogens with zero attached hydrogens (tertiary/aromatic N) is 2. The van der Waals surface area contributed by atoms with Gasteiger partial charge in [0.15, 0.2) is 0 Å². The Morgan fingerprint density at radius 1 is 1.21 bits per heavy atom. The third-order valence-corrected chi connectivity index (χ3v) is 2.58. The summed E-state index contributed by atoms with van der Waals surface area (Å²) in [4.78, 5) is 16.2. The summed E-state index contributed by atoms with van der Waals surface area (Å²) in [5.41, 5.74) is -0.629. The molecule has 0 saturated heterocycles. The highest BCUT2D eigenvalue weighted by Gasteiger charge is 2.17. The van der Waals surface area contributed by atoms with Gasteiger partial charge in [-0.15, -0.1) is 0 Å². The third kappa shape index (κ3) is 2.93. The standard InChI is InChI=1S/C14H16N2O3/c1-14(2,3)16-9-8-15-12(13(16)18)19-11-6-4-10(17)5-7-11/h4-9,17H,1-3H3. The van der Waals surface area contributed by atoms with E-state index in [1.54, 1.807) is 22.9 Å². The van der Waals surface area contributed by atoms with E-state index in [4.69, 9.17) is 4.74 Å². The molecule has 0 aliphatic heterocycles. The van der Waals surface area contributed by atoms with Gasteiger partial charge in [0.1, 0.15) is 11.5 Å². The van der Waals surface area contributed by atoms with Gasteiger partial charge in [0.05, 0.1) is 0 Å². The van der Waals surface area contributed by atoms with Gasteiger partial charge in [-0.25, -0.2) is 4.98 Å². The fraction of sp³-hybridized carbons (Fsp3) is 0.286. The lowest BCUT2D eigenvalue weighted by Gasteiger charge is -2.22. The van der Waals surface area contributed by atoms with E-state index in [1.165, 1.54) is 18.3 Å². The molecule has 1 N–H and O–H groups in total. The SMILES string of the molecule is CC(C)(C)n1ccnc(Oc2ccc(O)cc2)c1=O. The Labute approximate surface area is 111 Å². The van der Waals surface area contributed by atoms with Crippen LogP contribution in [0.1, 0.15) is 20.8 Å². The summed E-state index contributed by atoms with van der Waals surface area (Å²) >= 11 is 0. The van der Waals surface area contributed by atoms with Crippen molar-refractivity contribution in [3.8, 4) is 17.4 Å². The van der Waals surface area contributed by atoms with Crippen LogP contribution in [0.5, 0.6) is 17.4 Å². The number of phenolic OH excluding ortho intramolecular Hbond substituents is 1. The summed E-state index contributed by atoms with van der Waals surface area (Å²) in [7, 11) is 0. The number of phenols is 1. The monoisotopic (exact) mass is 260 g/mol. The summed E-state index contributed by atoms with van der Waals surface area (Å²) in [5.74, 6) is 0.609. The molecule has 5 nitrogen and oxygen atoms in total. The van der Waals surface area contributed by atoms with E-state index in [9.17, 15) is 9.90 Å². The molecule has 0 aliphatic rings. The largest absolute Gasteiger partial charge is 0.508 e. The maximum Gasteiger partial charge on any atom is 0.314 e. The van der Waals surface area contributed by atoms with Crippen LogP contribution in [0.4, 0.5) is 0 Å². The van der Waals surface area contributed by atoms with Gasteiger partial charge in [-0.2, -0.15) is 0 Å². The van der Waals surface area contributed by atoms with Crippen molar-refractivity contribution < 1.29 is 9.84 Å². The first-order valence-electron chi connectivity index (χ1n) is 5.93. The van der Waals surface area contributed by atoms with Crippen molar-refractivity contribution in [1.29, 1.82) is 0 Å². The number of hydrogen-bond donors (Lipinski definition) is 1. The first-order valence-corrected chi connectivity index (χ1v) is 5.93. The molecule has 5 heteroatoms. The maximum absolute atomic E-state index is 12.2. The Morgan fingerprint density at radius 2 is 1.84 bits per heavy atom. The van der Waals surface area contributed by atoms with Gasteiger partial charge >= 0.3 is 5.56 Å². The van der Waals surface area contributed by atoms with Crippen molar-refractivity contribution in [2.24, 2.45) is 0 Å². The molecule has 0 radical (unpaired) electrons. The predicted octanol–water partition coefficient (Wildman–Crippen LogP) is 2.50. The lowest BCUT2D eigenvalue weighted by molar-refractivity contribution is 0.363. The number of rotatable bonds is 2. The summed E-state index contributed by atoms with van der Waals surface area (Å²) < 4.78 is 7.01. The van der Waals surface area contributed by atoms with Gasteiger partial charge in [0.2, 0.25) is 0 Å². The third-order valence-electron chi connectivity index (χ3n) is 2.58. The molecular formula is C14H16N2O3. The average Bonchev–Trinajstić information content (AvgIpc) is 2.33. The fourth-order valence-electron chi connectivity index (χ4n) is 1.62. The van der Waals surface area contributed by atoms with Crippen molar-refractivity contribution in [3.63, 3.8) is 0 Å². The molecule has 1 heterocycles. The van der Waals surface area contributed by atoms with Crippen LogP contribution < -0.4 is 10.3 Å². The average molecular weight is 260 g/mol. The highest BCUT2D eigenvalue weighted by molar-refractivity contribution is 5.32. The second-order valence-corrected chi connectivity index (χ2v) is 5.17. The first kappa shape index (κ1) is 13.1. The van der Waals surface area contributed by atoms with Crippen molar-refractivity contribution in [1.82, 2.24) is 9.55 Å². The second kappa shape index (κ2) is 4.76. The van der Waals surface area contributed by atoms with Crippen LogP contribution in [-0.4, -0.2) is 14.7 Å². The summed E-state index contributed by atoms with van der Waals surface area (Å²) in [6, 6.07) is 6.12. The Kier molecular flexibility index (Phi) is 3.29. The smallest absolute Gasteiger partial charge is 0.314 e. The van der Waals surface area contributed by atoms with E-state index in [-0.39, 0.29) is 22.7 Å². The molecule has 0 atom stereocenters. The van der Waals surface area contributed by atoms with Crippen molar-refractivity contribution in [2.75, 3.05) is 0 Å². The summed E-state index contributed by atoms with van der Waals surface area (Å²) in [6.45, 7) is 5.79. The van der Waals surface area contributed by atoms with Crippen LogP contribution in [0.3, 0.4) is 0 Å². The number of ether oxygens (including phenoxy) is 1.